The summed E-state index contributed by atoms with van der Waals surface area (Å²) in [4.78, 5) is 2.01. The Balaban J connectivity index is 2.70. The first-order valence-corrected chi connectivity index (χ1v) is 5.50. The molecular weight excluding hydrogens is 208 g/mol. The van der Waals surface area contributed by atoms with Crippen LogP contribution in [0.2, 0.25) is 0 Å². The number of ether oxygens (including phenoxy) is 1. The van der Waals surface area contributed by atoms with Crippen molar-refractivity contribution in [3.63, 3.8) is 0 Å². The van der Waals surface area contributed by atoms with Gasteiger partial charge in [0.25, 0.3) is 0 Å². The predicted octanol–water partition coefficient (Wildman–Crippen LogP) is 0.432. The van der Waals surface area contributed by atoms with Gasteiger partial charge in [0.1, 0.15) is 0 Å². The van der Waals surface area contributed by atoms with Crippen LogP contribution in [0.1, 0.15) is 19.7 Å². The fourth-order valence-electron chi connectivity index (χ4n) is 1.55. The molecule has 1 aromatic rings. The van der Waals surface area contributed by atoms with Gasteiger partial charge in [-0.05, 0) is 13.8 Å². The first kappa shape index (κ1) is 12.9. The van der Waals surface area contributed by atoms with Crippen LogP contribution in [0.5, 0.6) is 0 Å². The van der Waals surface area contributed by atoms with Crippen molar-refractivity contribution in [3.05, 3.63) is 5.89 Å². The van der Waals surface area contributed by atoms with Crippen LogP contribution in [0.15, 0.2) is 4.42 Å². The van der Waals surface area contributed by atoms with Crippen LogP contribution in [0.25, 0.3) is 0 Å². The van der Waals surface area contributed by atoms with Crippen molar-refractivity contribution in [1.29, 1.82) is 0 Å². The van der Waals surface area contributed by atoms with E-state index in [4.69, 9.17) is 14.9 Å². The second kappa shape index (κ2) is 6.44. The molecule has 0 fully saturated rings. The van der Waals surface area contributed by atoms with Crippen LogP contribution < -0.4 is 10.6 Å². The van der Waals surface area contributed by atoms with Crippen LogP contribution in [-0.2, 0) is 11.2 Å². The molecule has 1 unspecified atom stereocenters. The lowest BCUT2D eigenvalue weighted by Crippen LogP contribution is -2.36. The van der Waals surface area contributed by atoms with E-state index in [0.717, 1.165) is 6.54 Å². The molecule has 6 nitrogen and oxygen atoms in total. The lowest BCUT2D eigenvalue weighted by Gasteiger charge is -2.24. The summed E-state index contributed by atoms with van der Waals surface area (Å²) >= 11 is 0. The summed E-state index contributed by atoms with van der Waals surface area (Å²) in [5.41, 5.74) is 5.42. The van der Waals surface area contributed by atoms with Gasteiger partial charge in [-0.3, -0.25) is 0 Å². The number of methoxy groups -OCH3 is 1. The molecule has 0 aliphatic heterocycles. The highest BCUT2D eigenvalue weighted by atomic mass is 16.5. The molecule has 0 aliphatic rings. The molecule has 0 bridgehead atoms. The van der Waals surface area contributed by atoms with Crippen LogP contribution in [0, 0.1) is 0 Å². The van der Waals surface area contributed by atoms with Gasteiger partial charge in [-0.25, -0.2) is 0 Å². The van der Waals surface area contributed by atoms with Crippen LogP contribution in [0.4, 0.5) is 6.01 Å². The second-order valence-electron chi connectivity index (χ2n) is 3.61. The molecule has 0 saturated heterocycles. The zero-order chi connectivity index (χ0) is 12.0. The highest BCUT2D eigenvalue weighted by Crippen LogP contribution is 2.15. The number of nitrogens with two attached hydrogens (primary N) is 1. The predicted molar refractivity (Wildman–Crippen MR) is 61.4 cm³/mol. The molecule has 0 saturated carbocycles. The van der Waals surface area contributed by atoms with E-state index in [2.05, 4.69) is 17.1 Å². The van der Waals surface area contributed by atoms with Crippen molar-refractivity contribution in [2.45, 2.75) is 26.3 Å². The van der Waals surface area contributed by atoms with Crippen molar-refractivity contribution < 1.29 is 9.15 Å². The fourth-order valence-corrected chi connectivity index (χ4v) is 1.55. The Morgan fingerprint density at radius 3 is 2.81 bits per heavy atom. The Labute approximate surface area is 95.8 Å². The Hall–Kier alpha value is -1.14. The van der Waals surface area contributed by atoms with E-state index in [0.29, 0.717) is 31.5 Å². The summed E-state index contributed by atoms with van der Waals surface area (Å²) in [5.74, 6) is 0.584. The molecule has 1 heterocycles. The first-order valence-electron chi connectivity index (χ1n) is 5.50. The van der Waals surface area contributed by atoms with Crippen molar-refractivity contribution in [2.75, 3.05) is 31.7 Å². The standard InChI is InChI=1S/C10H20N4O2/c1-4-14(8(2)7-15-3)10-13-12-9(16-10)5-6-11/h8H,4-7,11H2,1-3H3. The highest BCUT2D eigenvalue weighted by Gasteiger charge is 2.18. The van der Waals surface area contributed by atoms with E-state index in [-0.39, 0.29) is 6.04 Å². The minimum Gasteiger partial charge on any atom is -0.408 e. The average molecular weight is 228 g/mol. The number of rotatable bonds is 7. The maximum Gasteiger partial charge on any atom is 0.318 e. The lowest BCUT2D eigenvalue weighted by molar-refractivity contribution is 0.180. The molecule has 0 aromatic carbocycles. The summed E-state index contributed by atoms with van der Waals surface area (Å²) in [5, 5.41) is 7.95. The van der Waals surface area contributed by atoms with Gasteiger partial charge < -0.3 is 19.8 Å². The Kier molecular flexibility index (Phi) is 5.21. The summed E-state index contributed by atoms with van der Waals surface area (Å²) in [7, 11) is 1.68. The normalized spacial score (nSPS) is 12.8. The molecule has 2 N–H and O–H groups in total. The minimum absolute atomic E-state index is 0.209. The van der Waals surface area contributed by atoms with E-state index in [9.17, 15) is 0 Å². The van der Waals surface area contributed by atoms with Gasteiger partial charge in [0.15, 0.2) is 0 Å². The fraction of sp³-hybridized carbons (Fsp3) is 0.800. The Morgan fingerprint density at radius 1 is 1.50 bits per heavy atom. The van der Waals surface area contributed by atoms with E-state index < -0.39 is 0 Å². The van der Waals surface area contributed by atoms with Gasteiger partial charge in [-0.15, -0.1) is 5.10 Å². The van der Waals surface area contributed by atoms with Crippen molar-refractivity contribution in [3.8, 4) is 0 Å². The lowest BCUT2D eigenvalue weighted by atomic mass is 10.3. The smallest absolute Gasteiger partial charge is 0.318 e. The Bertz CT molecular complexity index is 303. The summed E-state index contributed by atoms with van der Waals surface area (Å²) < 4.78 is 10.6. The van der Waals surface area contributed by atoms with Crippen molar-refractivity contribution in [2.24, 2.45) is 5.73 Å². The molecule has 0 spiro atoms. The van der Waals surface area contributed by atoms with Gasteiger partial charge in [0, 0.05) is 26.6 Å². The van der Waals surface area contributed by atoms with Gasteiger partial charge in [0.2, 0.25) is 5.89 Å². The quantitative estimate of drug-likeness (QED) is 0.729. The summed E-state index contributed by atoms with van der Waals surface area (Å²) in [6.45, 7) is 6.04. The first-order chi connectivity index (χ1) is 7.72. The van der Waals surface area contributed by atoms with Gasteiger partial charge in [-0.2, -0.15) is 0 Å². The van der Waals surface area contributed by atoms with Crippen LogP contribution in [0.3, 0.4) is 0 Å². The van der Waals surface area contributed by atoms with E-state index in [1.807, 2.05) is 11.8 Å². The third-order valence-corrected chi connectivity index (χ3v) is 2.34. The van der Waals surface area contributed by atoms with Crippen LogP contribution in [-0.4, -0.2) is 43.0 Å². The minimum atomic E-state index is 0.209. The number of anilines is 1. The number of hydrogen-bond acceptors (Lipinski definition) is 6. The number of aromatic nitrogens is 2. The van der Waals surface area contributed by atoms with Gasteiger partial charge >= 0.3 is 6.01 Å². The third kappa shape index (κ3) is 3.18. The van der Waals surface area contributed by atoms with Crippen LogP contribution >= 0.6 is 0 Å². The molecule has 0 aliphatic carbocycles. The average Bonchev–Trinajstić information content (AvgIpc) is 2.68. The van der Waals surface area contributed by atoms with E-state index >= 15 is 0 Å². The largest absolute Gasteiger partial charge is 0.408 e. The summed E-state index contributed by atoms with van der Waals surface area (Å²) in [6.07, 6.45) is 0.614. The SMILES string of the molecule is CCN(c1nnc(CCN)o1)C(C)COC. The molecule has 16 heavy (non-hydrogen) atoms. The maximum atomic E-state index is 5.51. The molecule has 1 rings (SSSR count). The molecule has 6 heteroatoms. The van der Waals surface area contributed by atoms with Gasteiger partial charge in [0.05, 0.1) is 12.6 Å². The molecule has 0 radical (unpaired) electrons. The molecule has 1 aromatic heterocycles. The molecule has 1 atom stereocenters. The highest BCUT2D eigenvalue weighted by molar-refractivity contribution is 5.25. The van der Waals surface area contributed by atoms with Gasteiger partial charge in [-0.1, -0.05) is 5.10 Å². The number of likely N-dealkylation sites (N-methyl/N-ethyl adjacent to an activating group) is 1. The monoisotopic (exact) mass is 228 g/mol. The second-order valence-corrected chi connectivity index (χ2v) is 3.61. The zero-order valence-corrected chi connectivity index (χ0v) is 10.1. The van der Waals surface area contributed by atoms with Crippen molar-refractivity contribution in [1.82, 2.24) is 10.2 Å². The number of hydrogen-bond donors (Lipinski definition) is 1. The molecular formula is C10H20N4O2. The number of nitrogens with zero attached hydrogens (tertiary/aromatic N) is 3. The molecule has 92 valence electrons. The van der Waals surface area contributed by atoms with E-state index in [1.54, 1.807) is 7.11 Å². The maximum absolute atomic E-state index is 5.51. The Morgan fingerprint density at radius 2 is 2.25 bits per heavy atom. The van der Waals surface area contributed by atoms with E-state index in [1.165, 1.54) is 0 Å². The third-order valence-electron chi connectivity index (χ3n) is 2.34. The zero-order valence-electron chi connectivity index (χ0n) is 10.1. The van der Waals surface area contributed by atoms with Crippen molar-refractivity contribution >= 4 is 6.01 Å². The topological polar surface area (TPSA) is 77.4 Å². The molecule has 0 amide bonds. The summed E-state index contributed by atoms with van der Waals surface area (Å²) in [6, 6.07) is 0.747.